The van der Waals surface area contributed by atoms with Crippen LogP contribution in [0.5, 0.6) is 0 Å². The Morgan fingerprint density at radius 2 is 1.93 bits per heavy atom. The zero-order valence-corrected chi connectivity index (χ0v) is 16.4. The lowest BCUT2D eigenvalue weighted by atomic mass is 10.3. The van der Waals surface area contributed by atoms with Gasteiger partial charge in [-0.3, -0.25) is 4.79 Å². The average molecular weight is 386 g/mol. The number of nitrogens with one attached hydrogen (secondary N) is 1. The molecule has 3 rings (SSSR count). The van der Waals surface area contributed by atoms with Gasteiger partial charge in [0.05, 0.1) is 29.5 Å². The lowest BCUT2D eigenvalue weighted by Crippen LogP contribution is -2.37. The Labute approximate surface area is 162 Å². The molecule has 0 unspecified atom stereocenters. The number of morpholine rings is 1. The average Bonchev–Trinajstić information content (AvgIpc) is 2.66. The summed E-state index contributed by atoms with van der Waals surface area (Å²) in [6.07, 6.45) is 4.74. The fourth-order valence-corrected chi connectivity index (χ4v) is 3.44. The van der Waals surface area contributed by atoms with Gasteiger partial charge in [-0.15, -0.1) is 0 Å². The quantitative estimate of drug-likeness (QED) is 0.618. The van der Waals surface area contributed by atoms with E-state index in [1.165, 1.54) is 17.8 Å². The van der Waals surface area contributed by atoms with Gasteiger partial charge in [-0.2, -0.15) is 0 Å². The lowest BCUT2D eigenvalue weighted by molar-refractivity contribution is -0.111. The molecule has 2 aromatic heterocycles. The molecule has 0 bridgehead atoms. The van der Waals surface area contributed by atoms with Crippen molar-refractivity contribution in [2.45, 2.75) is 30.8 Å². The largest absolute Gasteiger partial charge is 0.378 e. The Morgan fingerprint density at radius 1 is 1.22 bits per heavy atom. The standard InChI is InChI=1S/C18H22N6O2S/c1-4-5-15(25)22-14-6-7-19-18(23-14)27-16-12(2)20-17(21-13(16)3)24-8-10-26-11-9-24/h4-7H,8-11H2,1-3H3,(H,19,22,23,25). The van der Waals surface area contributed by atoms with E-state index < -0.39 is 0 Å². The zero-order chi connectivity index (χ0) is 19.2. The summed E-state index contributed by atoms with van der Waals surface area (Å²) in [5.74, 6) is 0.959. The van der Waals surface area contributed by atoms with Gasteiger partial charge in [-0.05, 0) is 44.7 Å². The number of amides is 1. The van der Waals surface area contributed by atoms with Gasteiger partial charge in [0.15, 0.2) is 5.16 Å². The maximum absolute atomic E-state index is 11.7. The molecule has 1 N–H and O–H groups in total. The minimum absolute atomic E-state index is 0.224. The first-order valence-corrected chi connectivity index (χ1v) is 9.51. The third kappa shape index (κ3) is 5.01. The topological polar surface area (TPSA) is 93.1 Å². The van der Waals surface area contributed by atoms with Crippen LogP contribution in [0.25, 0.3) is 0 Å². The first-order valence-electron chi connectivity index (χ1n) is 8.69. The number of nitrogens with zero attached hydrogens (tertiary/aromatic N) is 5. The van der Waals surface area contributed by atoms with E-state index in [1.54, 1.807) is 25.3 Å². The van der Waals surface area contributed by atoms with Gasteiger partial charge in [0.2, 0.25) is 11.9 Å². The summed E-state index contributed by atoms with van der Waals surface area (Å²) in [5.41, 5.74) is 1.75. The predicted molar refractivity (Wildman–Crippen MR) is 104 cm³/mol. The number of hydrogen-bond donors (Lipinski definition) is 1. The van der Waals surface area contributed by atoms with Gasteiger partial charge < -0.3 is 15.0 Å². The number of ether oxygens (including phenoxy) is 1. The molecule has 27 heavy (non-hydrogen) atoms. The Hall–Kier alpha value is -2.52. The van der Waals surface area contributed by atoms with Crippen LogP contribution in [0.4, 0.5) is 11.8 Å². The zero-order valence-electron chi connectivity index (χ0n) is 15.6. The highest BCUT2D eigenvalue weighted by molar-refractivity contribution is 7.99. The van der Waals surface area contributed by atoms with Gasteiger partial charge in [-0.25, -0.2) is 19.9 Å². The summed E-state index contributed by atoms with van der Waals surface area (Å²) in [4.78, 5) is 32.7. The first-order chi connectivity index (χ1) is 13.1. The van der Waals surface area contributed by atoms with Crippen LogP contribution in [0.3, 0.4) is 0 Å². The van der Waals surface area contributed by atoms with Crippen LogP contribution in [0.15, 0.2) is 34.5 Å². The molecule has 0 atom stereocenters. The second kappa shape index (κ2) is 8.92. The minimum atomic E-state index is -0.224. The number of allylic oxidation sites excluding steroid dienone is 1. The highest BCUT2D eigenvalue weighted by atomic mass is 32.2. The van der Waals surface area contributed by atoms with Crippen molar-refractivity contribution in [2.24, 2.45) is 0 Å². The maximum atomic E-state index is 11.7. The summed E-state index contributed by atoms with van der Waals surface area (Å²) >= 11 is 1.39. The SMILES string of the molecule is CC=CC(=O)Nc1ccnc(Sc2c(C)nc(N3CCOCC3)nc2C)n1. The molecule has 142 valence electrons. The fourth-order valence-electron chi connectivity index (χ4n) is 2.61. The lowest BCUT2D eigenvalue weighted by Gasteiger charge is -2.27. The molecule has 8 nitrogen and oxygen atoms in total. The van der Waals surface area contributed by atoms with Gasteiger partial charge in [0.25, 0.3) is 0 Å². The third-order valence-corrected chi connectivity index (χ3v) is 5.06. The summed E-state index contributed by atoms with van der Waals surface area (Å²) in [6, 6.07) is 1.66. The number of hydrogen-bond acceptors (Lipinski definition) is 8. The highest BCUT2D eigenvalue weighted by Gasteiger charge is 2.18. The van der Waals surface area contributed by atoms with Crippen LogP contribution in [-0.2, 0) is 9.53 Å². The molecule has 0 aromatic carbocycles. The van der Waals surface area contributed by atoms with Crippen molar-refractivity contribution in [1.82, 2.24) is 19.9 Å². The minimum Gasteiger partial charge on any atom is -0.378 e. The Balaban J connectivity index is 1.78. The Kier molecular flexibility index (Phi) is 6.36. The molecule has 1 amide bonds. The number of carbonyl (C=O) groups is 1. The molecule has 9 heteroatoms. The Morgan fingerprint density at radius 3 is 2.59 bits per heavy atom. The van der Waals surface area contributed by atoms with Crippen LogP contribution in [0.2, 0.25) is 0 Å². The summed E-state index contributed by atoms with van der Waals surface area (Å²) in [7, 11) is 0. The molecule has 0 radical (unpaired) electrons. The monoisotopic (exact) mass is 386 g/mol. The second-order valence-electron chi connectivity index (χ2n) is 5.94. The van der Waals surface area contributed by atoms with Crippen LogP contribution < -0.4 is 10.2 Å². The van der Waals surface area contributed by atoms with Crippen LogP contribution in [-0.4, -0.2) is 52.1 Å². The number of aryl methyl sites for hydroxylation is 2. The molecule has 0 aliphatic carbocycles. The van der Waals surface area contributed by atoms with Gasteiger partial charge >= 0.3 is 0 Å². The van der Waals surface area contributed by atoms with Crippen molar-refractivity contribution in [2.75, 3.05) is 36.5 Å². The molecule has 1 saturated heterocycles. The molecule has 3 heterocycles. The van der Waals surface area contributed by atoms with Crippen molar-refractivity contribution >= 4 is 29.4 Å². The molecular formula is C18H22N6O2S. The van der Waals surface area contributed by atoms with E-state index in [-0.39, 0.29) is 5.91 Å². The number of carbonyl (C=O) groups excluding carboxylic acids is 1. The normalized spacial score (nSPS) is 14.6. The second-order valence-corrected chi connectivity index (χ2v) is 6.92. The number of aromatic nitrogens is 4. The van der Waals surface area contributed by atoms with E-state index in [2.05, 4.69) is 30.2 Å². The van der Waals surface area contributed by atoms with Crippen LogP contribution in [0, 0.1) is 13.8 Å². The van der Waals surface area contributed by atoms with Crippen molar-refractivity contribution in [3.8, 4) is 0 Å². The van der Waals surface area contributed by atoms with Crippen LogP contribution in [0.1, 0.15) is 18.3 Å². The van der Waals surface area contributed by atoms with Crippen molar-refractivity contribution in [1.29, 1.82) is 0 Å². The molecule has 0 saturated carbocycles. The summed E-state index contributed by atoms with van der Waals surface area (Å²) in [6.45, 7) is 8.67. The van der Waals surface area contributed by atoms with E-state index >= 15 is 0 Å². The maximum Gasteiger partial charge on any atom is 0.249 e. The Bertz CT molecular complexity index is 828. The highest BCUT2D eigenvalue weighted by Crippen LogP contribution is 2.31. The molecule has 1 aliphatic heterocycles. The number of anilines is 2. The summed E-state index contributed by atoms with van der Waals surface area (Å²) in [5, 5.41) is 3.24. The molecule has 1 aliphatic rings. The number of rotatable bonds is 5. The predicted octanol–water partition coefficient (Wildman–Crippen LogP) is 2.39. The smallest absolute Gasteiger partial charge is 0.249 e. The molecule has 0 spiro atoms. The van der Waals surface area contributed by atoms with Gasteiger partial charge in [-0.1, -0.05) is 6.08 Å². The van der Waals surface area contributed by atoms with E-state index in [4.69, 9.17) is 4.74 Å². The molecule has 1 fully saturated rings. The van der Waals surface area contributed by atoms with Gasteiger partial charge in [0.1, 0.15) is 5.82 Å². The van der Waals surface area contributed by atoms with E-state index in [0.717, 1.165) is 35.3 Å². The van der Waals surface area contributed by atoms with E-state index in [9.17, 15) is 4.79 Å². The van der Waals surface area contributed by atoms with Crippen molar-refractivity contribution < 1.29 is 9.53 Å². The van der Waals surface area contributed by atoms with Crippen molar-refractivity contribution in [3.05, 3.63) is 35.8 Å². The van der Waals surface area contributed by atoms with Crippen molar-refractivity contribution in [3.63, 3.8) is 0 Å². The van der Waals surface area contributed by atoms with Crippen LogP contribution >= 0.6 is 11.8 Å². The van der Waals surface area contributed by atoms with Gasteiger partial charge in [0, 0.05) is 19.3 Å². The molecular weight excluding hydrogens is 364 g/mol. The van der Waals surface area contributed by atoms with E-state index in [0.29, 0.717) is 24.2 Å². The van der Waals surface area contributed by atoms with E-state index in [1.807, 2.05) is 13.8 Å². The summed E-state index contributed by atoms with van der Waals surface area (Å²) < 4.78 is 5.39. The fraction of sp³-hybridized carbons (Fsp3) is 0.389. The first kappa shape index (κ1) is 19.2. The molecule has 2 aromatic rings. The third-order valence-electron chi connectivity index (χ3n) is 3.88.